The van der Waals surface area contributed by atoms with Crippen molar-refractivity contribution < 1.29 is 0 Å². The quantitative estimate of drug-likeness (QED) is 0.931. The third-order valence-corrected chi connectivity index (χ3v) is 4.51. The zero-order chi connectivity index (χ0) is 15.4. The van der Waals surface area contributed by atoms with Crippen molar-refractivity contribution in [1.82, 2.24) is 20.3 Å². The highest BCUT2D eigenvalue weighted by atomic mass is 15.0. The highest BCUT2D eigenvalue weighted by Crippen LogP contribution is 2.23. The molecular formula is C18H24N4. The van der Waals surface area contributed by atoms with E-state index in [0.717, 1.165) is 17.1 Å². The van der Waals surface area contributed by atoms with E-state index in [1.54, 1.807) is 12.4 Å². The average molecular weight is 296 g/mol. The van der Waals surface area contributed by atoms with Gasteiger partial charge in [-0.15, -0.1) is 0 Å². The van der Waals surface area contributed by atoms with Gasteiger partial charge in [0, 0.05) is 47.5 Å². The summed E-state index contributed by atoms with van der Waals surface area (Å²) in [4.78, 5) is 13.3. The molecule has 1 aliphatic rings. The Bertz CT molecular complexity index is 606. The molecule has 0 bridgehead atoms. The number of aromatic nitrogens is 3. The minimum absolute atomic E-state index is 0.301. The lowest BCUT2D eigenvalue weighted by Crippen LogP contribution is -2.33. The van der Waals surface area contributed by atoms with Crippen molar-refractivity contribution in [3.63, 3.8) is 0 Å². The number of hydrogen-bond acceptors (Lipinski definition) is 4. The summed E-state index contributed by atoms with van der Waals surface area (Å²) in [5, 5.41) is 3.75. The number of rotatable bonds is 4. The maximum Gasteiger partial charge on any atom is 0.159 e. The Morgan fingerprint density at radius 1 is 1.14 bits per heavy atom. The molecule has 0 aliphatic heterocycles. The SMILES string of the molecule is Cc1nc(-c2ccncc2)ncc1[C@@H](C)NC1CCCCC1. The topological polar surface area (TPSA) is 50.7 Å². The normalized spacial score (nSPS) is 17.4. The number of nitrogens with one attached hydrogen (secondary N) is 1. The van der Waals surface area contributed by atoms with Gasteiger partial charge in [0.15, 0.2) is 5.82 Å². The van der Waals surface area contributed by atoms with Crippen LogP contribution in [0.5, 0.6) is 0 Å². The third kappa shape index (κ3) is 3.50. The first-order valence-corrected chi connectivity index (χ1v) is 8.24. The summed E-state index contributed by atoms with van der Waals surface area (Å²) in [6.07, 6.45) is 12.2. The van der Waals surface area contributed by atoms with Crippen molar-refractivity contribution >= 4 is 0 Å². The van der Waals surface area contributed by atoms with E-state index in [9.17, 15) is 0 Å². The molecule has 0 saturated heterocycles. The Kier molecular flexibility index (Phi) is 4.78. The van der Waals surface area contributed by atoms with Crippen LogP contribution in [0.15, 0.2) is 30.7 Å². The summed E-state index contributed by atoms with van der Waals surface area (Å²) in [6.45, 7) is 4.28. The molecule has 2 aromatic rings. The average Bonchev–Trinajstić information content (AvgIpc) is 2.56. The molecule has 1 aliphatic carbocycles. The third-order valence-electron chi connectivity index (χ3n) is 4.51. The van der Waals surface area contributed by atoms with Crippen LogP contribution in [0.3, 0.4) is 0 Å². The van der Waals surface area contributed by atoms with Crippen LogP contribution in [-0.4, -0.2) is 21.0 Å². The van der Waals surface area contributed by atoms with E-state index in [2.05, 4.69) is 34.1 Å². The molecule has 2 aromatic heterocycles. The molecule has 116 valence electrons. The molecule has 1 atom stereocenters. The van der Waals surface area contributed by atoms with Crippen LogP contribution < -0.4 is 5.32 Å². The Hall–Kier alpha value is -1.81. The monoisotopic (exact) mass is 296 g/mol. The van der Waals surface area contributed by atoms with Gasteiger partial charge in [-0.1, -0.05) is 19.3 Å². The lowest BCUT2D eigenvalue weighted by atomic mass is 9.94. The Morgan fingerprint density at radius 2 is 1.86 bits per heavy atom. The maximum atomic E-state index is 4.68. The molecule has 3 rings (SSSR count). The maximum absolute atomic E-state index is 4.68. The molecular weight excluding hydrogens is 272 g/mol. The van der Waals surface area contributed by atoms with Crippen molar-refractivity contribution in [3.05, 3.63) is 42.0 Å². The summed E-state index contributed by atoms with van der Waals surface area (Å²) in [5.74, 6) is 0.772. The first-order valence-electron chi connectivity index (χ1n) is 8.24. The number of pyridine rings is 1. The van der Waals surface area contributed by atoms with Crippen molar-refractivity contribution in [1.29, 1.82) is 0 Å². The van der Waals surface area contributed by atoms with Gasteiger partial charge in [-0.25, -0.2) is 9.97 Å². The molecule has 4 heteroatoms. The van der Waals surface area contributed by atoms with E-state index in [0.29, 0.717) is 12.1 Å². The van der Waals surface area contributed by atoms with E-state index in [1.165, 1.54) is 37.7 Å². The standard InChI is InChI=1S/C18H24N4/c1-13(21-16-6-4-3-5-7-16)17-12-20-18(22-14(17)2)15-8-10-19-11-9-15/h8-13,16,21H,3-7H2,1-2H3/t13-/m1/s1. The van der Waals surface area contributed by atoms with E-state index < -0.39 is 0 Å². The smallest absolute Gasteiger partial charge is 0.159 e. The Balaban J connectivity index is 1.74. The molecule has 0 amide bonds. The van der Waals surface area contributed by atoms with E-state index in [4.69, 9.17) is 0 Å². The predicted molar refractivity (Wildman–Crippen MR) is 88.4 cm³/mol. The second kappa shape index (κ2) is 6.97. The lowest BCUT2D eigenvalue weighted by molar-refractivity contribution is 0.346. The first kappa shape index (κ1) is 15.1. The fourth-order valence-corrected chi connectivity index (χ4v) is 3.25. The molecule has 1 N–H and O–H groups in total. The van der Waals surface area contributed by atoms with Crippen LogP contribution in [0.2, 0.25) is 0 Å². The van der Waals surface area contributed by atoms with Crippen LogP contribution >= 0.6 is 0 Å². The second-order valence-corrected chi connectivity index (χ2v) is 6.19. The molecule has 0 radical (unpaired) electrons. The van der Waals surface area contributed by atoms with Crippen LogP contribution in [-0.2, 0) is 0 Å². The van der Waals surface area contributed by atoms with Gasteiger partial charge < -0.3 is 5.32 Å². The first-order chi connectivity index (χ1) is 10.7. The Morgan fingerprint density at radius 3 is 2.55 bits per heavy atom. The molecule has 2 heterocycles. The molecule has 4 nitrogen and oxygen atoms in total. The highest BCUT2D eigenvalue weighted by molar-refractivity contribution is 5.53. The van der Waals surface area contributed by atoms with E-state index >= 15 is 0 Å². The zero-order valence-electron chi connectivity index (χ0n) is 13.4. The van der Waals surface area contributed by atoms with Gasteiger partial charge >= 0.3 is 0 Å². The minimum Gasteiger partial charge on any atom is -0.307 e. The van der Waals surface area contributed by atoms with Crippen LogP contribution in [0.25, 0.3) is 11.4 Å². The summed E-state index contributed by atoms with van der Waals surface area (Å²) >= 11 is 0. The van der Waals surface area contributed by atoms with Crippen LogP contribution in [0.1, 0.15) is 56.3 Å². The number of nitrogens with zero attached hydrogens (tertiary/aromatic N) is 3. The molecule has 0 unspecified atom stereocenters. The van der Waals surface area contributed by atoms with Gasteiger partial charge in [-0.05, 0) is 38.8 Å². The minimum atomic E-state index is 0.301. The van der Waals surface area contributed by atoms with Gasteiger partial charge in [-0.3, -0.25) is 4.98 Å². The van der Waals surface area contributed by atoms with Crippen molar-refractivity contribution in [2.75, 3.05) is 0 Å². The summed E-state index contributed by atoms with van der Waals surface area (Å²) in [7, 11) is 0. The Labute approximate surface area is 132 Å². The van der Waals surface area contributed by atoms with Crippen LogP contribution in [0.4, 0.5) is 0 Å². The lowest BCUT2D eigenvalue weighted by Gasteiger charge is -2.27. The fraction of sp³-hybridized carbons (Fsp3) is 0.500. The van der Waals surface area contributed by atoms with Gasteiger partial charge in [0.25, 0.3) is 0 Å². The number of aryl methyl sites for hydroxylation is 1. The summed E-state index contributed by atoms with van der Waals surface area (Å²) in [6, 6.07) is 4.83. The molecule has 0 spiro atoms. The second-order valence-electron chi connectivity index (χ2n) is 6.19. The molecule has 1 saturated carbocycles. The zero-order valence-corrected chi connectivity index (χ0v) is 13.4. The summed E-state index contributed by atoms with van der Waals surface area (Å²) < 4.78 is 0. The van der Waals surface area contributed by atoms with Crippen molar-refractivity contribution in [3.8, 4) is 11.4 Å². The van der Waals surface area contributed by atoms with Gasteiger partial charge in [0.05, 0.1) is 0 Å². The highest BCUT2D eigenvalue weighted by Gasteiger charge is 2.18. The van der Waals surface area contributed by atoms with Gasteiger partial charge in [-0.2, -0.15) is 0 Å². The van der Waals surface area contributed by atoms with Crippen molar-refractivity contribution in [2.45, 2.75) is 58.0 Å². The molecule has 1 fully saturated rings. The largest absolute Gasteiger partial charge is 0.307 e. The van der Waals surface area contributed by atoms with Gasteiger partial charge in [0.1, 0.15) is 0 Å². The molecule has 0 aromatic carbocycles. The van der Waals surface area contributed by atoms with E-state index in [-0.39, 0.29) is 0 Å². The van der Waals surface area contributed by atoms with Gasteiger partial charge in [0.2, 0.25) is 0 Å². The van der Waals surface area contributed by atoms with E-state index in [1.807, 2.05) is 18.3 Å². The summed E-state index contributed by atoms with van der Waals surface area (Å²) in [5.41, 5.74) is 3.26. The number of hydrogen-bond donors (Lipinski definition) is 1. The molecule has 22 heavy (non-hydrogen) atoms. The van der Waals surface area contributed by atoms with Crippen LogP contribution in [0, 0.1) is 6.92 Å². The predicted octanol–water partition coefficient (Wildman–Crippen LogP) is 3.83. The van der Waals surface area contributed by atoms with Crippen molar-refractivity contribution in [2.24, 2.45) is 0 Å². The fourth-order valence-electron chi connectivity index (χ4n) is 3.25.